The van der Waals surface area contributed by atoms with Crippen molar-refractivity contribution in [3.63, 3.8) is 0 Å². The zero-order chi connectivity index (χ0) is 32.2. The Morgan fingerprint density at radius 2 is 1.82 bits per heavy atom. The quantitative estimate of drug-likeness (QED) is 0.0841. The highest BCUT2D eigenvalue weighted by Crippen LogP contribution is 2.37. The van der Waals surface area contributed by atoms with Gasteiger partial charge in [-0.25, -0.2) is 9.37 Å². The van der Waals surface area contributed by atoms with Gasteiger partial charge in [0.25, 0.3) is 5.56 Å². The van der Waals surface area contributed by atoms with Crippen LogP contribution < -0.4 is 15.0 Å². The number of fused-ring (bicyclic) bond motifs is 1. The first-order valence-corrected chi connectivity index (χ1v) is 15.1. The van der Waals surface area contributed by atoms with Gasteiger partial charge >= 0.3 is 5.69 Å². The topological polar surface area (TPSA) is 109 Å². The first kappa shape index (κ1) is 31.5. The number of nitro benzene ring substituents is 1. The van der Waals surface area contributed by atoms with E-state index in [1.807, 2.05) is 32.0 Å². The van der Waals surface area contributed by atoms with Gasteiger partial charge in [0.05, 0.1) is 33.1 Å². The lowest BCUT2D eigenvalue weighted by Gasteiger charge is -2.18. The Morgan fingerprint density at radius 3 is 2.53 bits per heavy atom. The molecule has 45 heavy (non-hydrogen) atoms. The van der Waals surface area contributed by atoms with Gasteiger partial charge in [-0.2, -0.15) is 9.78 Å². The lowest BCUT2D eigenvalue weighted by atomic mass is 9.96. The smallest absolute Gasteiger partial charge is 0.312 e. The number of halogens is 2. The van der Waals surface area contributed by atoms with Crippen LogP contribution in [-0.2, 0) is 6.61 Å². The fourth-order valence-electron chi connectivity index (χ4n) is 4.92. The molecule has 1 aromatic heterocycles. The van der Waals surface area contributed by atoms with Crippen LogP contribution >= 0.6 is 15.9 Å². The summed E-state index contributed by atoms with van der Waals surface area (Å²) in [5.41, 5.74) is 2.84. The fourth-order valence-corrected chi connectivity index (χ4v) is 5.50. The van der Waals surface area contributed by atoms with Crippen molar-refractivity contribution < 1.29 is 18.8 Å². The van der Waals surface area contributed by atoms with E-state index in [4.69, 9.17) is 14.5 Å². The third-order valence-electron chi connectivity index (χ3n) is 7.17. The zero-order valence-electron chi connectivity index (χ0n) is 25.1. The van der Waals surface area contributed by atoms with Gasteiger partial charge in [0.2, 0.25) is 5.75 Å². The molecular weight excluding hydrogens is 643 g/mol. The third kappa shape index (κ3) is 6.63. The Labute approximate surface area is 267 Å². The SMILES string of the molecule is CCOc1cc(C)c(-c2nc3ccccc3c(=O)n2N=Cc2cc(Br)c(OCc3ccccc3F)c([N+](=O)[O-])c2)cc1C(C)C. The maximum atomic E-state index is 14.1. The Kier molecular flexibility index (Phi) is 9.38. The summed E-state index contributed by atoms with van der Waals surface area (Å²) in [6, 6.07) is 19.8. The molecule has 5 rings (SSSR count). The van der Waals surface area contributed by atoms with Gasteiger partial charge in [-0.1, -0.05) is 44.2 Å². The number of aromatic nitrogens is 2. The van der Waals surface area contributed by atoms with E-state index in [1.54, 1.807) is 42.5 Å². The summed E-state index contributed by atoms with van der Waals surface area (Å²) in [6.07, 6.45) is 1.35. The molecule has 0 aliphatic rings. The number of hydrogen-bond acceptors (Lipinski definition) is 7. The molecular formula is C34H30BrFN4O5. The van der Waals surface area contributed by atoms with E-state index in [-0.39, 0.29) is 34.0 Å². The van der Waals surface area contributed by atoms with E-state index in [0.717, 1.165) is 16.9 Å². The molecule has 0 saturated heterocycles. The van der Waals surface area contributed by atoms with Gasteiger partial charge in [-0.15, -0.1) is 0 Å². The third-order valence-corrected chi connectivity index (χ3v) is 7.76. The predicted octanol–water partition coefficient (Wildman–Crippen LogP) is 8.17. The largest absolute Gasteiger partial charge is 0.494 e. The minimum atomic E-state index is -0.593. The van der Waals surface area contributed by atoms with Gasteiger partial charge in [-0.05, 0) is 83.2 Å². The molecule has 4 aromatic carbocycles. The molecule has 9 nitrogen and oxygen atoms in total. The molecule has 230 valence electrons. The van der Waals surface area contributed by atoms with Crippen molar-refractivity contribution in [2.45, 2.75) is 40.2 Å². The average molecular weight is 674 g/mol. The Morgan fingerprint density at radius 1 is 1.09 bits per heavy atom. The van der Waals surface area contributed by atoms with Crippen LogP contribution in [0.2, 0.25) is 0 Å². The highest BCUT2D eigenvalue weighted by atomic mass is 79.9. The van der Waals surface area contributed by atoms with Crippen LogP contribution in [0, 0.1) is 22.9 Å². The average Bonchev–Trinajstić information content (AvgIpc) is 3.00. The number of benzene rings is 4. The van der Waals surface area contributed by atoms with Gasteiger partial charge < -0.3 is 9.47 Å². The predicted molar refractivity (Wildman–Crippen MR) is 176 cm³/mol. The molecule has 0 amide bonds. The number of hydrogen-bond donors (Lipinski definition) is 0. The second kappa shape index (κ2) is 13.4. The van der Waals surface area contributed by atoms with Gasteiger partial charge in [0.1, 0.15) is 18.2 Å². The highest BCUT2D eigenvalue weighted by Gasteiger charge is 2.22. The summed E-state index contributed by atoms with van der Waals surface area (Å²) >= 11 is 3.36. The Balaban J connectivity index is 1.62. The van der Waals surface area contributed by atoms with E-state index in [2.05, 4.69) is 34.9 Å². The first-order chi connectivity index (χ1) is 21.6. The molecule has 0 fully saturated rings. The molecule has 5 aromatic rings. The maximum absolute atomic E-state index is 14.1. The van der Waals surface area contributed by atoms with E-state index < -0.39 is 16.3 Å². The van der Waals surface area contributed by atoms with Crippen molar-refractivity contribution in [1.82, 2.24) is 9.66 Å². The van der Waals surface area contributed by atoms with Crippen molar-refractivity contribution in [3.05, 3.63) is 126 Å². The van der Waals surface area contributed by atoms with Crippen molar-refractivity contribution >= 4 is 38.7 Å². The van der Waals surface area contributed by atoms with Crippen molar-refractivity contribution in [3.8, 4) is 22.9 Å². The number of para-hydroxylation sites is 1. The second-order valence-electron chi connectivity index (χ2n) is 10.6. The van der Waals surface area contributed by atoms with Crippen LogP contribution in [0.3, 0.4) is 0 Å². The molecule has 0 radical (unpaired) electrons. The lowest BCUT2D eigenvalue weighted by Crippen LogP contribution is -2.21. The zero-order valence-corrected chi connectivity index (χ0v) is 26.7. The van der Waals surface area contributed by atoms with Gasteiger partial charge in [0, 0.05) is 22.8 Å². The van der Waals surface area contributed by atoms with Gasteiger partial charge in [0.15, 0.2) is 5.82 Å². The number of nitro groups is 1. The molecule has 0 N–H and O–H groups in total. The van der Waals surface area contributed by atoms with Crippen LogP contribution in [0.4, 0.5) is 10.1 Å². The molecule has 0 bridgehead atoms. The number of rotatable bonds is 10. The molecule has 0 aliphatic carbocycles. The Bertz CT molecular complexity index is 2010. The van der Waals surface area contributed by atoms with E-state index in [9.17, 15) is 19.3 Å². The normalized spacial score (nSPS) is 11.4. The molecule has 0 saturated carbocycles. The molecule has 1 heterocycles. The van der Waals surface area contributed by atoms with Crippen LogP contribution in [0.15, 0.2) is 87.2 Å². The van der Waals surface area contributed by atoms with E-state index in [1.165, 1.54) is 23.0 Å². The number of ether oxygens (including phenoxy) is 2. The first-order valence-electron chi connectivity index (χ1n) is 14.3. The number of aryl methyl sites for hydroxylation is 1. The molecule has 0 aliphatic heterocycles. The molecule has 0 unspecified atom stereocenters. The van der Waals surface area contributed by atoms with Crippen molar-refractivity contribution in [2.24, 2.45) is 5.10 Å². The minimum absolute atomic E-state index is 0.0585. The second-order valence-corrected chi connectivity index (χ2v) is 11.4. The molecule has 0 atom stereocenters. The summed E-state index contributed by atoms with van der Waals surface area (Å²) < 4.78 is 27.2. The Hall–Kier alpha value is -4.90. The van der Waals surface area contributed by atoms with Crippen LogP contribution in [0.25, 0.3) is 22.3 Å². The summed E-state index contributed by atoms with van der Waals surface area (Å²) in [4.78, 5) is 30.1. The standard InChI is InChI=1S/C34H30BrFN4O5/c1-5-44-31-14-21(4)26(17-25(31)20(2)3)33-38-29-13-9-7-11-24(29)34(41)39(33)37-18-22-15-27(35)32(30(16-22)40(42)43)45-19-23-10-6-8-12-28(23)36/h6-18,20H,5,19H2,1-4H3. The van der Waals surface area contributed by atoms with Crippen LogP contribution in [0.1, 0.15) is 48.9 Å². The lowest BCUT2D eigenvalue weighted by molar-refractivity contribution is -0.386. The monoisotopic (exact) mass is 672 g/mol. The number of nitrogens with zero attached hydrogens (tertiary/aromatic N) is 4. The van der Waals surface area contributed by atoms with E-state index in [0.29, 0.717) is 34.5 Å². The minimum Gasteiger partial charge on any atom is -0.494 e. The summed E-state index contributed by atoms with van der Waals surface area (Å²) in [5.74, 6) is 0.676. The summed E-state index contributed by atoms with van der Waals surface area (Å²) in [5, 5.41) is 16.9. The van der Waals surface area contributed by atoms with Crippen LogP contribution in [0.5, 0.6) is 11.5 Å². The fraction of sp³-hybridized carbons (Fsp3) is 0.206. The van der Waals surface area contributed by atoms with Crippen molar-refractivity contribution in [2.75, 3.05) is 6.61 Å². The van der Waals surface area contributed by atoms with Crippen molar-refractivity contribution in [1.29, 1.82) is 0 Å². The van der Waals surface area contributed by atoms with E-state index >= 15 is 0 Å². The van der Waals surface area contributed by atoms with Crippen LogP contribution in [-0.4, -0.2) is 27.4 Å². The maximum Gasteiger partial charge on any atom is 0.312 e. The molecule has 0 spiro atoms. The summed E-state index contributed by atoms with van der Waals surface area (Å²) in [7, 11) is 0. The summed E-state index contributed by atoms with van der Waals surface area (Å²) in [6.45, 7) is 8.26. The molecule has 11 heteroatoms. The highest BCUT2D eigenvalue weighted by molar-refractivity contribution is 9.10. The van der Waals surface area contributed by atoms with Gasteiger partial charge in [-0.3, -0.25) is 14.9 Å².